The number of nitrogens with two attached hydrogens (primary N) is 1. The van der Waals surface area contributed by atoms with Crippen LogP contribution in [0.25, 0.3) is 0 Å². The fraction of sp³-hybridized carbons (Fsp3) is 0.458. The van der Waals surface area contributed by atoms with Crippen LogP contribution < -0.4 is 16.6 Å². The maximum absolute atomic E-state index is 15.5. The van der Waals surface area contributed by atoms with E-state index >= 15 is 4.79 Å². The first-order valence-electron chi connectivity index (χ1n) is 21.3. The van der Waals surface area contributed by atoms with Gasteiger partial charge >= 0.3 is 23.9 Å². The Morgan fingerprint density at radius 3 is 1.92 bits per heavy atom. The third-order valence-corrected chi connectivity index (χ3v) is 13.5. The summed E-state index contributed by atoms with van der Waals surface area (Å²) in [5.41, 5.74) is -4.77. The minimum Gasteiger partial charge on any atom is -0.456 e. The van der Waals surface area contributed by atoms with Gasteiger partial charge in [-0.3, -0.25) is 30.4 Å². The average Bonchev–Trinajstić information content (AvgIpc) is 3.27. The molecule has 7 rings (SSSR count). The van der Waals surface area contributed by atoms with Crippen LogP contribution >= 0.6 is 0 Å². The molecule has 2 saturated carbocycles. The zero-order valence-corrected chi connectivity index (χ0v) is 37.3. The van der Waals surface area contributed by atoms with Crippen LogP contribution in [0.4, 0.5) is 0 Å². The molecule has 17 heteroatoms. The molecule has 3 aromatic carbocycles. The number of carbonyl (C=O) groups excluding carboxylic acids is 6. The van der Waals surface area contributed by atoms with Crippen molar-refractivity contribution >= 4 is 35.6 Å². The molecule has 348 valence electrons. The van der Waals surface area contributed by atoms with Gasteiger partial charge in [0.25, 0.3) is 5.91 Å². The van der Waals surface area contributed by atoms with E-state index in [-0.39, 0.29) is 35.3 Å². The summed E-state index contributed by atoms with van der Waals surface area (Å²) in [5, 5.41) is 40.2. The summed E-state index contributed by atoms with van der Waals surface area (Å²) >= 11 is 0. The summed E-state index contributed by atoms with van der Waals surface area (Å²) in [4.78, 5) is 83.5. The molecular formula is C48H57N3O14. The molecule has 7 N–H and O–H groups in total. The summed E-state index contributed by atoms with van der Waals surface area (Å²) in [7, 11) is 1.65. The second-order valence-electron chi connectivity index (χ2n) is 17.6. The zero-order valence-electron chi connectivity index (χ0n) is 37.3. The number of aliphatic hydroxyl groups is 3. The lowest BCUT2D eigenvalue weighted by Crippen LogP contribution is -2.82. The fourth-order valence-corrected chi connectivity index (χ4v) is 10.2. The van der Waals surface area contributed by atoms with Crippen molar-refractivity contribution in [1.82, 2.24) is 10.7 Å². The number of hydrazine groups is 1. The van der Waals surface area contributed by atoms with Crippen molar-refractivity contribution < 1.29 is 67.8 Å². The number of rotatable bonds is 10. The predicted molar refractivity (Wildman–Crippen MR) is 231 cm³/mol. The highest BCUT2D eigenvalue weighted by Crippen LogP contribution is 2.64. The van der Waals surface area contributed by atoms with Gasteiger partial charge in [-0.2, -0.15) is 0 Å². The minimum absolute atomic E-state index is 0.00289. The van der Waals surface area contributed by atoms with Crippen LogP contribution in [0.15, 0.2) is 102 Å². The molecule has 0 spiro atoms. The molecule has 1 aliphatic heterocycles. The molecule has 3 fully saturated rings. The molecular weight excluding hydrogens is 843 g/mol. The molecule has 0 aromatic heterocycles. The van der Waals surface area contributed by atoms with Gasteiger partial charge in [0.15, 0.2) is 23.6 Å². The molecule has 65 heavy (non-hydrogen) atoms. The third kappa shape index (κ3) is 8.71. The highest BCUT2D eigenvalue weighted by molar-refractivity contribution is 5.96. The Hall–Kier alpha value is -5.82. The molecule has 0 radical (unpaired) electrons. The lowest BCUT2D eigenvalue weighted by Gasteiger charge is -2.67. The Bertz CT molecular complexity index is 2310. The second-order valence-corrected chi connectivity index (χ2v) is 17.6. The number of aliphatic hydroxyl groups excluding tert-OH is 2. The summed E-state index contributed by atoms with van der Waals surface area (Å²) in [6, 6.07) is 22.9. The fourth-order valence-electron chi connectivity index (χ4n) is 10.2. The molecule has 4 aliphatic rings. The number of benzene rings is 3. The molecule has 1 amide bonds. The highest BCUT2D eigenvalue weighted by atomic mass is 16.6. The van der Waals surface area contributed by atoms with Gasteiger partial charge in [0.1, 0.15) is 23.9 Å². The highest BCUT2D eigenvalue weighted by Gasteiger charge is 2.78. The van der Waals surface area contributed by atoms with Crippen molar-refractivity contribution in [3.63, 3.8) is 0 Å². The van der Waals surface area contributed by atoms with Crippen molar-refractivity contribution in [2.75, 3.05) is 13.7 Å². The van der Waals surface area contributed by atoms with E-state index < -0.39 is 113 Å². The average molecular weight is 900 g/mol. The number of ketones is 1. The van der Waals surface area contributed by atoms with Gasteiger partial charge in [0, 0.05) is 37.7 Å². The molecule has 11 atom stereocenters. The van der Waals surface area contributed by atoms with E-state index in [2.05, 4.69) is 16.6 Å². The molecule has 17 nitrogen and oxygen atoms in total. The van der Waals surface area contributed by atoms with Gasteiger partial charge < -0.3 is 44.3 Å². The maximum Gasteiger partial charge on any atom is 0.338 e. The number of fused-ring (bicyclic) bond motifs is 5. The summed E-state index contributed by atoms with van der Waals surface area (Å²) in [5.74, 6) is -2.24. The summed E-state index contributed by atoms with van der Waals surface area (Å²) in [6.07, 6.45) is -10.5. The van der Waals surface area contributed by atoms with Crippen molar-refractivity contribution in [3.05, 3.63) is 119 Å². The number of carbonyl (C=O) groups is 6. The van der Waals surface area contributed by atoms with Gasteiger partial charge in [-0.1, -0.05) is 80.6 Å². The maximum atomic E-state index is 15.5. The largest absolute Gasteiger partial charge is 0.456 e. The van der Waals surface area contributed by atoms with Crippen molar-refractivity contribution in [3.8, 4) is 0 Å². The van der Waals surface area contributed by atoms with Crippen LogP contribution in [-0.4, -0.2) is 112 Å². The Labute approximate surface area is 376 Å². The first-order valence-corrected chi connectivity index (χ1v) is 21.3. The number of nitrogens with one attached hydrogen (secondary N) is 2. The second kappa shape index (κ2) is 19.0. The van der Waals surface area contributed by atoms with Gasteiger partial charge in [0.2, 0.25) is 0 Å². The number of esters is 4. The van der Waals surface area contributed by atoms with E-state index in [1.165, 1.54) is 26.0 Å². The molecule has 2 bridgehead atoms. The number of hydrogen-bond donors (Lipinski definition) is 6. The Morgan fingerprint density at radius 1 is 0.846 bits per heavy atom. The molecule has 3 aromatic rings. The van der Waals surface area contributed by atoms with Crippen LogP contribution in [0.3, 0.4) is 0 Å². The van der Waals surface area contributed by atoms with E-state index in [0.717, 1.165) is 13.8 Å². The normalized spacial score (nSPS) is 30.7. The van der Waals surface area contributed by atoms with Crippen LogP contribution in [0.5, 0.6) is 0 Å². The first kappa shape index (κ1) is 48.6. The van der Waals surface area contributed by atoms with Crippen molar-refractivity contribution in [1.29, 1.82) is 0 Å². The molecule has 1 heterocycles. The van der Waals surface area contributed by atoms with E-state index in [1.54, 1.807) is 99.8 Å². The Kier molecular flexibility index (Phi) is 14.2. The number of hydrogen-bond acceptors (Lipinski definition) is 16. The van der Waals surface area contributed by atoms with E-state index in [9.17, 15) is 39.3 Å². The molecule has 0 unspecified atom stereocenters. The van der Waals surface area contributed by atoms with Gasteiger partial charge in [-0.15, -0.1) is 0 Å². The number of amides is 1. The van der Waals surface area contributed by atoms with Crippen molar-refractivity contribution in [2.24, 2.45) is 22.6 Å². The summed E-state index contributed by atoms with van der Waals surface area (Å²) in [6.45, 7) is 7.97. The van der Waals surface area contributed by atoms with E-state index in [4.69, 9.17) is 23.7 Å². The van der Waals surface area contributed by atoms with Gasteiger partial charge in [-0.25, -0.2) is 9.59 Å². The zero-order chi connectivity index (χ0) is 47.6. The van der Waals surface area contributed by atoms with E-state index in [1.807, 2.05) is 0 Å². The van der Waals surface area contributed by atoms with E-state index in [0.29, 0.717) is 5.56 Å². The number of ether oxygens (including phenoxy) is 5. The van der Waals surface area contributed by atoms with Gasteiger partial charge in [0.05, 0.1) is 35.6 Å². The van der Waals surface area contributed by atoms with Crippen molar-refractivity contribution in [2.45, 2.75) is 108 Å². The third-order valence-electron chi connectivity index (χ3n) is 13.5. The van der Waals surface area contributed by atoms with Crippen LogP contribution in [0, 0.1) is 16.7 Å². The lowest BCUT2D eigenvalue weighted by atomic mass is 9.44. The first-order chi connectivity index (χ1) is 30.7. The van der Waals surface area contributed by atoms with Crippen LogP contribution in [-0.2, 0) is 42.9 Å². The standard InChI is InChI=1S/C47H51NO14.CH6N2/c1-25-31(60-43(56)36(52)35(28-16-10-7-11-17-28)48-41(54)29-18-12-8-13-19-29)23-47(57)40(61-42(55)30-20-14-9-15-21-30)38-45(6,32(51)22-33-46(38,24-58-33)62-27(3)50)39(53)37(59-26(2)49)34(25)44(47,4)5;1-3-2/h7-21,31-33,35-38,40,51-52,57H,22-24H2,1-6H3,(H,48,54);3H,2H2,1H3/t31-,32-,33+,35-,36+,37+,38-,40-,45+,46-,47+;/m0./s1. The topological polar surface area (TPSA) is 259 Å². The Morgan fingerprint density at radius 2 is 1.40 bits per heavy atom. The monoisotopic (exact) mass is 899 g/mol. The number of Topliss-reactive ketones (excluding diaryl/α,β-unsaturated/α-hetero) is 1. The van der Waals surface area contributed by atoms with Crippen LogP contribution in [0.2, 0.25) is 0 Å². The van der Waals surface area contributed by atoms with Crippen LogP contribution in [0.1, 0.15) is 86.7 Å². The smallest absolute Gasteiger partial charge is 0.338 e. The Balaban J connectivity index is 0.00000227. The lowest BCUT2D eigenvalue weighted by molar-refractivity contribution is -0.346. The SMILES string of the molecule is CC(=O)O[C@H]1C(=O)[C@@]2(C)[C@H]([C@H](OC(=O)c3ccccc3)[C@]3(O)C[C@H](OC(=O)[C@H](O)[C@@H](NC(=O)c4ccccc4)c4ccccc4)C(C)=C1C3(C)C)[C@]1(OC(C)=O)CO[C@@H]1C[C@@H]2O.CNN. The minimum atomic E-state index is -2.39. The predicted octanol–water partition coefficient (Wildman–Crippen LogP) is 2.82. The quantitative estimate of drug-likeness (QED) is 0.0562. The molecule has 1 saturated heterocycles. The summed E-state index contributed by atoms with van der Waals surface area (Å²) < 4.78 is 30.3. The van der Waals surface area contributed by atoms with Gasteiger partial charge in [-0.05, 0) is 61.9 Å². The molecule has 3 aliphatic carbocycles.